The van der Waals surface area contributed by atoms with Crippen LogP contribution in [0.2, 0.25) is 0 Å². The summed E-state index contributed by atoms with van der Waals surface area (Å²) in [6.07, 6.45) is 0. The maximum absolute atomic E-state index is 13.2. The number of thiophene rings is 1. The van der Waals surface area contributed by atoms with E-state index in [1.165, 1.54) is 28.6 Å². The van der Waals surface area contributed by atoms with E-state index < -0.39 is 15.8 Å². The van der Waals surface area contributed by atoms with Crippen LogP contribution in [0.15, 0.2) is 70.9 Å². The van der Waals surface area contributed by atoms with Crippen molar-refractivity contribution in [1.82, 2.24) is 14.3 Å². The number of benzene rings is 2. The van der Waals surface area contributed by atoms with Gasteiger partial charge in [0.2, 0.25) is 10.0 Å². The number of hydrogen-bond donors (Lipinski definition) is 0. The Balaban J connectivity index is 1.43. The summed E-state index contributed by atoms with van der Waals surface area (Å²) < 4.78 is 40.5. The van der Waals surface area contributed by atoms with Gasteiger partial charge >= 0.3 is 0 Å². The van der Waals surface area contributed by atoms with Gasteiger partial charge in [-0.15, -0.1) is 11.3 Å². The molecule has 1 saturated heterocycles. The Bertz CT molecular complexity index is 1320. The van der Waals surface area contributed by atoms with Crippen LogP contribution in [0, 0.1) is 5.82 Å². The van der Waals surface area contributed by atoms with E-state index in [1.807, 2.05) is 41.8 Å². The highest BCUT2D eigenvalue weighted by Gasteiger charge is 2.29. The minimum absolute atomic E-state index is 0.106. The van der Waals surface area contributed by atoms with Gasteiger partial charge in [0.25, 0.3) is 0 Å². The van der Waals surface area contributed by atoms with Gasteiger partial charge in [-0.25, -0.2) is 22.8 Å². The zero-order valence-corrected chi connectivity index (χ0v) is 18.1. The molecule has 4 aromatic rings. The number of aromatic nitrogens is 2. The summed E-state index contributed by atoms with van der Waals surface area (Å²) in [4.78, 5) is 12.8. The van der Waals surface area contributed by atoms with E-state index in [0.29, 0.717) is 32.0 Å². The van der Waals surface area contributed by atoms with E-state index in [9.17, 15) is 12.8 Å². The topological polar surface area (TPSA) is 66.4 Å². The van der Waals surface area contributed by atoms with E-state index in [-0.39, 0.29) is 4.90 Å². The molecule has 5 rings (SSSR count). The first-order valence-electron chi connectivity index (χ1n) is 9.84. The standard InChI is InChI=1S/C22H19FN4O2S2/c23-16-7-9-17(10-8-16)31(28,29)27-13-11-26(12-14-27)22-18-4-1-2-5-19(18)24-21(25-22)20-6-3-15-30-20/h1-10,15H,11-14H2. The monoisotopic (exact) mass is 454 g/mol. The fraction of sp³-hybridized carbons (Fsp3) is 0.182. The summed E-state index contributed by atoms with van der Waals surface area (Å²) in [6.45, 7) is 1.66. The number of sulfonamides is 1. The van der Waals surface area contributed by atoms with Crippen molar-refractivity contribution in [2.75, 3.05) is 31.1 Å². The van der Waals surface area contributed by atoms with E-state index in [1.54, 1.807) is 11.3 Å². The molecule has 0 radical (unpaired) electrons. The van der Waals surface area contributed by atoms with Crippen molar-refractivity contribution in [3.05, 3.63) is 71.9 Å². The van der Waals surface area contributed by atoms with Crippen molar-refractivity contribution in [1.29, 1.82) is 0 Å². The van der Waals surface area contributed by atoms with Crippen molar-refractivity contribution >= 4 is 38.1 Å². The largest absolute Gasteiger partial charge is 0.353 e. The minimum Gasteiger partial charge on any atom is -0.353 e. The molecule has 3 heterocycles. The van der Waals surface area contributed by atoms with Gasteiger partial charge in [-0.2, -0.15) is 4.31 Å². The molecule has 0 saturated carbocycles. The molecule has 31 heavy (non-hydrogen) atoms. The first-order chi connectivity index (χ1) is 15.0. The zero-order chi connectivity index (χ0) is 21.4. The van der Waals surface area contributed by atoms with E-state index >= 15 is 0 Å². The van der Waals surface area contributed by atoms with Crippen LogP contribution < -0.4 is 4.90 Å². The molecule has 2 aromatic heterocycles. The molecule has 1 aliphatic rings. The SMILES string of the molecule is O=S(=O)(c1ccc(F)cc1)N1CCN(c2nc(-c3cccs3)nc3ccccc23)CC1. The van der Waals surface area contributed by atoms with Gasteiger partial charge in [0.1, 0.15) is 11.6 Å². The molecular weight excluding hydrogens is 435 g/mol. The Morgan fingerprint density at radius 3 is 2.32 bits per heavy atom. The summed E-state index contributed by atoms with van der Waals surface area (Å²) in [5, 5.41) is 2.93. The molecule has 0 unspecified atom stereocenters. The van der Waals surface area contributed by atoms with Crippen LogP contribution in [0.1, 0.15) is 0 Å². The fourth-order valence-corrected chi connectivity index (χ4v) is 5.79. The number of para-hydroxylation sites is 1. The Labute approximate surface area is 183 Å². The van der Waals surface area contributed by atoms with Crippen LogP contribution in [0.25, 0.3) is 21.6 Å². The third-order valence-corrected chi connectivity index (χ3v) is 8.09. The third kappa shape index (κ3) is 3.80. The Morgan fingerprint density at radius 2 is 1.61 bits per heavy atom. The van der Waals surface area contributed by atoms with Gasteiger partial charge in [-0.3, -0.25) is 0 Å². The van der Waals surface area contributed by atoms with E-state index in [4.69, 9.17) is 9.97 Å². The lowest BCUT2D eigenvalue weighted by Gasteiger charge is -2.35. The van der Waals surface area contributed by atoms with Crippen molar-refractivity contribution in [3.8, 4) is 10.7 Å². The number of halogens is 1. The summed E-state index contributed by atoms with van der Waals surface area (Å²) in [5.41, 5.74) is 0.859. The lowest BCUT2D eigenvalue weighted by molar-refractivity contribution is 0.384. The van der Waals surface area contributed by atoms with Crippen molar-refractivity contribution in [2.24, 2.45) is 0 Å². The third-order valence-electron chi connectivity index (χ3n) is 5.31. The molecule has 2 aromatic carbocycles. The Kier molecular flexibility index (Phi) is 5.17. The lowest BCUT2D eigenvalue weighted by atomic mass is 10.2. The summed E-state index contributed by atoms with van der Waals surface area (Å²) in [5.74, 6) is 1.03. The second-order valence-electron chi connectivity index (χ2n) is 7.21. The molecule has 6 nitrogen and oxygen atoms in total. The normalized spacial score (nSPS) is 15.5. The average molecular weight is 455 g/mol. The van der Waals surface area contributed by atoms with Gasteiger partial charge in [0.05, 0.1) is 15.3 Å². The smallest absolute Gasteiger partial charge is 0.243 e. The molecule has 0 amide bonds. The van der Waals surface area contributed by atoms with Gasteiger partial charge < -0.3 is 4.90 Å². The van der Waals surface area contributed by atoms with E-state index in [0.717, 1.165) is 21.6 Å². The molecular formula is C22H19FN4O2S2. The fourth-order valence-electron chi connectivity index (χ4n) is 3.71. The Hall–Kier alpha value is -2.88. The number of piperazine rings is 1. The summed E-state index contributed by atoms with van der Waals surface area (Å²) in [6, 6.07) is 16.8. The van der Waals surface area contributed by atoms with Crippen molar-refractivity contribution in [2.45, 2.75) is 4.90 Å². The summed E-state index contributed by atoms with van der Waals surface area (Å²) in [7, 11) is -3.66. The molecule has 0 aliphatic carbocycles. The van der Waals surface area contributed by atoms with Crippen molar-refractivity contribution < 1.29 is 12.8 Å². The number of fused-ring (bicyclic) bond motifs is 1. The predicted octanol–water partition coefficient (Wildman–Crippen LogP) is 4.01. The first kappa shape index (κ1) is 20.0. The van der Waals surface area contributed by atoms with Gasteiger partial charge in [-0.05, 0) is 47.8 Å². The molecule has 1 fully saturated rings. The highest BCUT2D eigenvalue weighted by molar-refractivity contribution is 7.89. The quantitative estimate of drug-likeness (QED) is 0.466. The van der Waals surface area contributed by atoms with Gasteiger partial charge in [0.15, 0.2) is 5.82 Å². The lowest BCUT2D eigenvalue weighted by Crippen LogP contribution is -2.49. The maximum atomic E-state index is 13.2. The van der Waals surface area contributed by atoms with Crippen LogP contribution in [-0.4, -0.2) is 48.9 Å². The molecule has 0 spiro atoms. The highest BCUT2D eigenvalue weighted by Crippen LogP contribution is 2.30. The first-order valence-corrected chi connectivity index (χ1v) is 12.2. The number of anilines is 1. The molecule has 158 valence electrons. The predicted molar refractivity (Wildman–Crippen MR) is 120 cm³/mol. The highest BCUT2D eigenvalue weighted by atomic mass is 32.2. The van der Waals surface area contributed by atoms with Crippen LogP contribution >= 0.6 is 11.3 Å². The van der Waals surface area contributed by atoms with Gasteiger partial charge in [-0.1, -0.05) is 18.2 Å². The second kappa shape index (κ2) is 7.99. The number of nitrogens with zero attached hydrogens (tertiary/aromatic N) is 4. The Morgan fingerprint density at radius 1 is 0.871 bits per heavy atom. The number of rotatable bonds is 4. The van der Waals surface area contributed by atoms with Crippen molar-refractivity contribution in [3.63, 3.8) is 0 Å². The molecule has 9 heteroatoms. The molecule has 1 aliphatic heterocycles. The second-order valence-corrected chi connectivity index (χ2v) is 10.1. The number of hydrogen-bond acceptors (Lipinski definition) is 6. The average Bonchev–Trinajstić information content (AvgIpc) is 3.34. The molecule has 0 atom stereocenters. The summed E-state index contributed by atoms with van der Waals surface area (Å²) >= 11 is 1.58. The van der Waals surface area contributed by atoms with Crippen LogP contribution in [0.3, 0.4) is 0 Å². The molecule has 0 N–H and O–H groups in total. The zero-order valence-electron chi connectivity index (χ0n) is 16.5. The van der Waals surface area contributed by atoms with Crippen LogP contribution in [-0.2, 0) is 10.0 Å². The van der Waals surface area contributed by atoms with Crippen LogP contribution in [0.4, 0.5) is 10.2 Å². The molecule has 0 bridgehead atoms. The maximum Gasteiger partial charge on any atom is 0.243 e. The van der Waals surface area contributed by atoms with E-state index in [2.05, 4.69) is 4.90 Å². The van der Waals surface area contributed by atoms with Crippen LogP contribution in [0.5, 0.6) is 0 Å². The van der Waals surface area contributed by atoms with Gasteiger partial charge in [0, 0.05) is 31.6 Å². The minimum atomic E-state index is -3.66.